The molecule has 0 radical (unpaired) electrons. The maximum atomic E-state index is 13.7. The van der Waals surface area contributed by atoms with Crippen molar-refractivity contribution in [3.63, 3.8) is 0 Å². The van der Waals surface area contributed by atoms with Gasteiger partial charge in [0.2, 0.25) is 11.8 Å². The van der Waals surface area contributed by atoms with E-state index in [0.29, 0.717) is 9.90 Å². The number of thioether (sulfide) groups is 1. The number of nitro groups is 1. The number of hydrogen-bond acceptors (Lipinski definition) is 9. The number of amides is 2. The lowest BCUT2D eigenvalue weighted by Crippen LogP contribution is -2.32. The van der Waals surface area contributed by atoms with Gasteiger partial charge in [0.1, 0.15) is 11.8 Å². The van der Waals surface area contributed by atoms with Crippen LogP contribution in [0.15, 0.2) is 64.4 Å². The second-order valence-corrected chi connectivity index (χ2v) is 10.3. The van der Waals surface area contributed by atoms with Gasteiger partial charge in [0.15, 0.2) is 0 Å². The van der Waals surface area contributed by atoms with Crippen LogP contribution in [0, 0.1) is 16.0 Å². The van der Waals surface area contributed by atoms with Crippen molar-refractivity contribution in [3.05, 3.63) is 84.8 Å². The largest absolute Gasteiger partial charge is 0.465 e. The SMILES string of the molecule is CCOC(=O)Cn1c2c(sc1=O)[C@H](c1ccccc1)C1C(=O)N(c3ccc([N+](=O)[O-])cc3)C(=O)C1S2. The molecule has 2 aliphatic rings. The van der Waals surface area contributed by atoms with Gasteiger partial charge in [-0.1, -0.05) is 53.4 Å². The number of thiazole rings is 1. The van der Waals surface area contributed by atoms with E-state index in [0.717, 1.165) is 33.6 Å². The summed E-state index contributed by atoms with van der Waals surface area (Å²) in [6.07, 6.45) is 0. The zero-order valence-electron chi connectivity index (χ0n) is 18.9. The van der Waals surface area contributed by atoms with E-state index < -0.39 is 39.8 Å². The summed E-state index contributed by atoms with van der Waals surface area (Å²) in [6, 6.07) is 14.4. The third kappa shape index (κ3) is 3.91. The summed E-state index contributed by atoms with van der Waals surface area (Å²) in [5, 5.41) is 10.7. The van der Waals surface area contributed by atoms with Gasteiger partial charge in [-0.25, -0.2) is 4.90 Å². The van der Waals surface area contributed by atoms with E-state index in [4.69, 9.17) is 4.74 Å². The molecule has 36 heavy (non-hydrogen) atoms. The summed E-state index contributed by atoms with van der Waals surface area (Å²) >= 11 is 2.05. The molecule has 1 saturated heterocycles. The molecule has 3 atom stereocenters. The highest BCUT2D eigenvalue weighted by molar-refractivity contribution is 8.00. The van der Waals surface area contributed by atoms with Gasteiger partial charge in [-0.3, -0.25) is 33.9 Å². The highest BCUT2D eigenvalue weighted by atomic mass is 32.2. The van der Waals surface area contributed by atoms with Crippen LogP contribution in [-0.4, -0.2) is 39.1 Å². The van der Waals surface area contributed by atoms with Crippen LogP contribution in [0.2, 0.25) is 0 Å². The number of hydrogen-bond donors (Lipinski definition) is 0. The number of carbonyl (C=O) groups is 3. The fraction of sp³-hybridized carbons (Fsp3) is 0.250. The van der Waals surface area contributed by atoms with Gasteiger partial charge in [-0.15, -0.1) is 0 Å². The van der Waals surface area contributed by atoms with Crippen LogP contribution >= 0.6 is 23.1 Å². The number of aromatic nitrogens is 1. The van der Waals surface area contributed by atoms with Gasteiger partial charge in [0.05, 0.1) is 28.2 Å². The van der Waals surface area contributed by atoms with Crippen molar-refractivity contribution in [2.24, 2.45) is 5.92 Å². The maximum absolute atomic E-state index is 13.7. The maximum Gasteiger partial charge on any atom is 0.326 e. The number of carbonyl (C=O) groups excluding carboxylic acids is 3. The first-order valence-corrected chi connectivity index (χ1v) is 12.7. The lowest BCUT2D eigenvalue weighted by Gasteiger charge is -2.30. The zero-order chi connectivity index (χ0) is 25.6. The molecular weight excluding hydrogens is 506 g/mol. The molecular formula is C24H19N3O7S2. The monoisotopic (exact) mass is 525 g/mol. The molecule has 3 aromatic rings. The Balaban J connectivity index is 1.60. The lowest BCUT2D eigenvalue weighted by molar-refractivity contribution is -0.384. The van der Waals surface area contributed by atoms with E-state index >= 15 is 0 Å². The van der Waals surface area contributed by atoms with Crippen molar-refractivity contribution >= 4 is 52.3 Å². The highest BCUT2D eigenvalue weighted by Gasteiger charge is 2.56. The predicted octanol–water partition coefficient (Wildman–Crippen LogP) is 3.18. The standard InChI is InChI=1S/C24H19N3O7S2/c1-2-34-16(28)12-25-23-20(36-24(25)31)17(13-6-4-3-5-7-13)18-19(35-23)22(30)26(21(18)29)14-8-10-15(11-9-14)27(32)33/h3-11,17-19H,2,12H2,1H3/t17-,18?,19?/m1/s1. The minimum atomic E-state index is -0.840. The van der Waals surface area contributed by atoms with Gasteiger partial charge < -0.3 is 4.74 Å². The molecule has 1 aromatic heterocycles. The number of nitrogens with zero attached hydrogens (tertiary/aromatic N) is 3. The quantitative estimate of drug-likeness (QED) is 0.208. The van der Waals surface area contributed by atoms with Crippen LogP contribution in [0.5, 0.6) is 0 Å². The third-order valence-electron chi connectivity index (χ3n) is 6.12. The van der Waals surface area contributed by atoms with Crippen molar-refractivity contribution < 1.29 is 24.0 Å². The number of non-ortho nitro benzene ring substituents is 1. The Hall–Kier alpha value is -3.77. The number of anilines is 1. The number of nitro benzene ring substituents is 1. The lowest BCUT2D eigenvalue weighted by atomic mass is 9.83. The van der Waals surface area contributed by atoms with E-state index in [1.807, 2.05) is 30.3 Å². The number of fused-ring (bicyclic) bond motifs is 2. The Morgan fingerprint density at radius 2 is 1.75 bits per heavy atom. The van der Waals surface area contributed by atoms with Crippen LogP contribution in [-0.2, 0) is 25.7 Å². The smallest absolute Gasteiger partial charge is 0.326 e. The Morgan fingerprint density at radius 3 is 2.39 bits per heavy atom. The molecule has 2 amide bonds. The van der Waals surface area contributed by atoms with Crippen molar-refractivity contribution in [2.75, 3.05) is 11.5 Å². The summed E-state index contributed by atoms with van der Waals surface area (Å²) in [4.78, 5) is 64.2. The fourth-order valence-corrected chi connectivity index (χ4v) is 7.36. The first-order chi connectivity index (χ1) is 17.3. The zero-order valence-corrected chi connectivity index (χ0v) is 20.5. The Morgan fingerprint density at radius 1 is 1.06 bits per heavy atom. The third-order valence-corrected chi connectivity index (χ3v) is 8.72. The molecule has 0 spiro atoms. The normalized spacial score (nSPS) is 20.7. The number of benzene rings is 2. The molecule has 0 bridgehead atoms. The first-order valence-electron chi connectivity index (χ1n) is 11.0. The van der Waals surface area contributed by atoms with Gasteiger partial charge in [0, 0.05) is 22.9 Å². The molecule has 0 saturated carbocycles. The fourth-order valence-electron chi connectivity index (χ4n) is 4.59. The van der Waals surface area contributed by atoms with Gasteiger partial charge in [0.25, 0.3) is 5.69 Å². The van der Waals surface area contributed by atoms with Crippen molar-refractivity contribution in [2.45, 2.75) is 29.7 Å². The molecule has 10 nitrogen and oxygen atoms in total. The minimum Gasteiger partial charge on any atom is -0.465 e. The summed E-state index contributed by atoms with van der Waals surface area (Å²) in [6.45, 7) is 1.55. The van der Waals surface area contributed by atoms with Crippen LogP contribution in [0.1, 0.15) is 23.3 Å². The van der Waals surface area contributed by atoms with Gasteiger partial charge in [-0.05, 0) is 24.6 Å². The predicted molar refractivity (Wildman–Crippen MR) is 132 cm³/mol. The summed E-state index contributed by atoms with van der Waals surface area (Å²) < 4.78 is 6.33. The van der Waals surface area contributed by atoms with Crippen LogP contribution in [0.3, 0.4) is 0 Å². The van der Waals surface area contributed by atoms with Crippen molar-refractivity contribution in [1.82, 2.24) is 4.57 Å². The second kappa shape index (κ2) is 9.36. The van der Waals surface area contributed by atoms with Crippen molar-refractivity contribution in [3.8, 4) is 0 Å². The van der Waals surface area contributed by atoms with Crippen LogP contribution in [0.25, 0.3) is 0 Å². The molecule has 2 unspecified atom stereocenters. The van der Waals surface area contributed by atoms with E-state index in [2.05, 4.69) is 0 Å². The Bertz CT molecular complexity index is 1430. The summed E-state index contributed by atoms with van der Waals surface area (Å²) in [5.41, 5.74) is 0.854. The average molecular weight is 526 g/mol. The highest BCUT2D eigenvalue weighted by Crippen LogP contribution is 2.53. The van der Waals surface area contributed by atoms with E-state index in [9.17, 15) is 29.3 Å². The molecule has 184 valence electrons. The Labute approximate surface area is 212 Å². The number of imide groups is 1. The molecule has 0 aliphatic carbocycles. The molecule has 5 rings (SSSR count). The van der Waals surface area contributed by atoms with Crippen LogP contribution in [0.4, 0.5) is 11.4 Å². The van der Waals surface area contributed by atoms with Crippen molar-refractivity contribution in [1.29, 1.82) is 0 Å². The molecule has 1 fully saturated rings. The summed E-state index contributed by atoms with van der Waals surface area (Å²) in [7, 11) is 0. The number of rotatable bonds is 6. The van der Waals surface area contributed by atoms with Gasteiger partial charge >= 0.3 is 10.8 Å². The molecule has 0 N–H and O–H groups in total. The molecule has 2 aromatic carbocycles. The first kappa shape index (κ1) is 23.9. The summed E-state index contributed by atoms with van der Waals surface area (Å²) in [5.74, 6) is -2.85. The second-order valence-electron chi connectivity index (χ2n) is 8.17. The van der Waals surface area contributed by atoms with E-state index in [1.54, 1.807) is 6.92 Å². The van der Waals surface area contributed by atoms with E-state index in [1.165, 1.54) is 28.8 Å². The topological polar surface area (TPSA) is 129 Å². The molecule has 2 aliphatic heterocycles. The molecule has 3 heterocycles. The Kier molecular flexibility index (Phi) is 6.22. The van der Waals surface area contributed by atoms with Crippen LogP contribution < -0.4 is 9.77 Å². The van der Waals surface area contributed by atoms with Gasteiger partial charge in [-0.2, -0.15) is 0 Å². The van der Waals surface area contributed by atoms with E-state index in [-0.39, 0.29) is 29.4 Å². The number of esters is 1. The number of ether oxygens (including phenoxy) is 1. The average Bonchev–Trinajstić information content (AvgIpc) is 3.31. The molecule has 12 heteroatoms. The minimum absolute atomic E-state index is 0.156.